The van der Waals surface area contributed by atoms with Gasteiger partial charge in [0.1, 0.15) is 5.75 Å². The molecule has 5 heteroatoms. The van der Waals surface area contributed by atoms with Gasteiger partial charge in [-0.2, -0.15) is 0 Å². The van der Waals surface area contributed by atoms with E-state index in [1.807, 2.05) is 6.92 Å². The van der Waals surface area contributed by atoms with Gasteiger partial charge in [0.05, 0.1) is 12.0 Å². The number of carboxylic acid groups (broad SMARTS) is 1. The molecule has 0 aliphatic heterocycles. The smallest absolute Gasteiger partial charge is 0.311 e. The second-order valence-corrected chi connectivity index (χ2v) is 5.43. The van der Waals surface area contributed by atoms with E-state index in [4.69, 9.17) is 4.74 Å². The Kier molecular flexibility index (Phi) is 4.83. The molecule has 0 aromatic heterocycles. The number of carbonyl (C=O) groups is 2. The average molecular weight is 291 g/mol. The maximum atomic E-state index is 12.1. The lowest BCUT2D eigenvalue weighted by Gasteiger charge is -2.23. The van der Waals surface area contributed by atoms with Crippen LogP contribution >= 0.6 is 0 Å². The molecule has 21 heavy (non-hydrogen) atoms. The first-order valence-electron chi connectivity index (χ1n) is 7.32. The fourth-order valence-corrected chi connectivity index (χ4v) is 2.74. The minimum atomic E-state index is -0.813. The monoisotopic (exact) mass is 291 g/mol. The van der Waals surface area contributed by atoms with E-state index in [9.17, 15) is 14.7 Å². The molecule has 1 aliphatic rings. The number of rotatable bonds is 6. The van der Waals surface area contributed by atoms with Gasteiger partial charge in [-0.1, -0.05) is 12.8 Å². The van der Waals surface area contributed by atoms with Crippen LogP contribution in [0.15, 0.2) is 24.3 Å². The molecule has 5 nitrogen and oxygen atoms in total. The van der Waals surface area contributed by atoms with Crippen LogP contribution in [0.5, 0.6) is 5.75 Å². The highest BCUT2D eigenvalue weighted by molar-refractivity contribution is 5.94. The Morgan fingerprint density at radius 1 is 1.24 bits per heavy atom. The van der Waals surface area contributed by atoms with Crippen LogP contribution in [-0.4, -0.2) is 30.1 Å². The quantitative estimate of drug-likeness (QED) is 0.844. The van der Waals surface area contributed by atoms with Crippen LogP contribution in [0.2, 0.25) is 0 Å². The molecule has 1 aromatic rings. The maximum Gasteiger partial charge on any atom is 0.311 e. The van der Waals surface area contributed by atoms with Gasteiger partial charge in [-0.25, -0.2) is 0 Å². The van der Waals surface area contributed by atoms with E-state index in [1.54, 1.807) is 24.3 Å². The number of benzene rings is 1. The summed E-state index contributed by atoms with van der Waals surface area (Å²) >= 11 is 0. The molecule has 0 saturated heterocycles. The van der Waals surface area contributed by atoms with Gasteiger partial charge in [-0.15, -0.1) is 0 Å². The zero-order valence-electron chi connectivity index (χ0n) is 12.2. The number of carboxylic acids is 1. The Labute approximate surface area is 124 Å². The summed E-state index contributed by atoms with van der Waals surface area (Å²) in [6, 6.07) is 6.84. The molecular formula is C16H21NO4. The van der Waals surface area contributed by atoms with Crippen molar-refractivity contribution in [1.82, 2.24) is 5.32 Å². The summed E-state index contributed by atoms with van der Waals surface area (Å²) in [5.41, 5.74) is -0.280. The van der Waals surface area contributed by atoms with Crippen LogP contribution < -0.4 is 10.1 Å². The second kappa shape index (κ2) is 6.61. The zero-order chi connectivity index (χ0) is 15.3. The minimum absolute atomic E-state index is 0.189. The van der Waals surface area contributed by atoms with E-state index in [0.717, 1.165) is 12.8 Å². The van der Waals surface area contributed by atoms with Crippen molar-refractivity contribution in [2.45, 2.75) is 32.6 Å². The SMILES string of the molecule is CCOc1ccc(C(=O)NCC2(C(=O)O)CCCC2)cc1. The van der Waals surface area contributed by atoms with Crippen molar-refractivity contribution in [1.29, 1.82) is 0 Å². The highest BCUT2D eigenvalue weighted by Crippen LogP contribution is 2.37. The average Bonchev–Trinajstić information content (AvgIpc) is 2.96. The number of hydrogen-bond donors (Lipinski definition) is 2. The number of amides is 1. The first-order chi connectivity index (χ1) is 10.1. The van der Waals surface area contributed by atoms with Gasteiger partial charge in [0.25, 0.3) is 5.91 Å². The van der Waals surface area contributed by atoms with Crippen molar-refractivity contribution in [3.8, 4) is 5.75 Å². The first-order valence-corrected chi connectivity index (χ1v) is 7.32. The lowest BCUT2D eigenvalue weighted by molar-refractivity contribution is -0.148. The van der Waals surface area contributed by atoms with E-state index in [-0.39, 0.29) is 12.5 Å². The van der Waals surface area contributed by atoms with E-state index >= 15 is 0 Å². The Hall–Kier alpha value is -2.04. The minimum Gasteiger partial charge on any atom is -0.494 e. The second-order valence-electron chi connectivity index (χ2n) is 5.43. The standard InChI is InChI=1S/C16H21NO4/c1-2-21-13-7-5-12(6-8-13)14(18)17-11-16(15(19)20)9-3-4-10-16/h5-8H,2-4,9-11H2,1H3,(H,17,18)(H,19,20). The maximum absolute atomic E-state index is 12.1. The summed E-state index contributed by atoms with van der Waals surface area (Å²) in [6.45, 7) is 2.66. The van der Waals surface area contributed by atoms with E-state index < -0.39 is 11.4 Å². The summed E-state index contributed by atoms with van der Waals surface area (Å²) in [5, 5.41) is 12.1. The molecule has 0 bridgehead atoms. The van der Waals surface area contributed by atoms with Gasteiger partial charge >= 0.3 is 5.97 Å². The fraction of sp³-hybridized carbons (Fsp3) is 0.500. The van der Waals surface area contributed by atoms with E-state index in [2.05, 4.69) is 5.32 Å². The molecule has 0 radical (unpaired) electrons. The van der Waals surface area contributed by atoms with Crippen LogP contribution in [0, 0.1) is 5.41 Å². The predicted molar refractivity (Wildman–Crippen MR) is 78.5 cm³/mol. The van der Waals surface area contributed by atoms with Crippen LogP contribution in [0.25, 0.3) is 0 Å². The molecule has 2 N–H and O–H groups in total. The summed E-state index contributed by atoms with van der Waals surface area (Å²) in [7, 11) is 0. The third-order valence-electron chi connectivity index (χ3n) is 4.03. The van der Waals surface area contributed by atoms with Crippen molar-refractivity contribution >= 4 is 11.9 Å². The zero-order valence-corrected chi connectivity index (χ0v) is 12.2. The number of carbonyl (C=O) groups excluding carboxylic acids is 1. The van der Waals surface area contributed by atoms with Crippen LogP contribution in [0.3, 0.4) is 0 Å². The molecule has 114 valence electrons. The Morgan fingerprint density at radius 2 is 1.86 bits per heavy atom. The van der Waals surface area contributed by atoms with Crippen molar-refractivity contribution in [3.05, 3.63) is 29.8 Å². The van der Waals surface area contributed by atoms with Gasteiger partial charge < -0.3 is 15.2 Å². The highest BCUT2D eigenvalue weighted by Gasteiger charge is 2.41. The van der Waals surface area contributed by atoms with E-state index in [1.165, 1.54) is 0 Å². The highest BCUT2D eigenvalue weighted by atomic mass is 16.5. The van der Waals surface area contributed by atoms with Gasteiger partial charge in [-0.3, -0.25) is 9.59 Å². The third-order valence-corrected chi connectivity index (χ3v) is 4.03. The Bertz CT molecular complexity index is 504. The largest absolute Gasteiger partial charge is 0.494 e. The van der Waals surface area contributed by atoms with Crippen LogP contribution in [-0.2, 0) is 4.79 Å². The number of aliphatic carboxylic acids is 1. The van der Waals surface area contributed by atoms with Crippen molar-refractivity contribution in [2.24, 2.45) is 5.41 Å². The van der Waals surface area contributed by atoms with Crippen LogP contribution in [0.4, 0.5) is 0 Å². The van der Waals surface area contributed by atoms with Gasteiger partial charge in [-0.05, 0) is 44.0 Å². The Balaban J connectivity index is 1.96. The van der Waals surface area contributed by atoms with E-state index in [0.29, 0.717) is 30.8 Å². The third kappa shape index (κ3) is 3.54. The molecule has 1 fully saturated rings. The fourth-order valence-electron chi connectivity index (χ4n) is 2.74. The number of ether oxygens (including phenoxy) is 1. The first kappa shape index (κ1) is 15.4. The normalized spacial score (nSPS) is 16.4. The molecule has 2 rings (SSSR count). The summed E-state index contributed by atoms with van der Waals surface area (Å²) in [5.74, 6) is -0.343. The number of hydrogen-bond acceptors (Lipinski definition) is 3. The molecular weight excluding hydrogens is 270 g/mol. The van der Waals surface area contributed by atoms with Crippen molar-refractivity contribution in [3.63, 3.8) is 0 Å². The van der Waals surface area contributed by atoms with Crippen LogP contribution in [0.1, 0.15) is 43.0 Å². The molecule has 0 heterocycles. The molecule has 0 atom stereocenters. The Morgan fingerprint density at radius 3 is 2.38 bits per heavy atom. The molecule has 1 amide bonds. The molecule has 0 spiro atoms. The summed E-state index contributed by atoms with van der Waals surface area (Å²) in [4.78, 5) is 23.5. The lowest BCUT2D eigenvalue weighted by Crippen LogP contribution is -2.41. The summed E-state index contributed by atoms with van der Waals surface area (Å²) < 4.78 is 5.32. The molecule has 1 aliphatic carbocycles. The lowest BCUT2D eigenvalue weighted by atomic mass is 9.86. The number of nitrogens with one attached hydrogen (secondary N) is 1. The molecule has 0 unspecified atom stereocenters. The summed E-state index contributed by atoms with van der Waals surface area (Å²) in [6.07, 6.45) is 3.08. The molecule has 1 saturated carbocycles. The van der Waals surface area contributed by atoms with Gasteiger partial charge in [0.2, 0.25) is 0 Å². The van der Waals surface area contributed by atoms with Crippen molar-refractivity contribution < 1.29 is 19.4 Å². The molecule has 1 aromatic carbocycles. The van der Waals surface area contributed by atoms with Crippen molar-refractivity contribution in [2.75, 3.05) is 13.2 Å². The van der Waals surface area contributed by atoms with Gasteiger partial charge in [0.15, 0.2) is 0 Å². The topological polar surface area (TPSA) is 75.6 Å². The predicted octanol–water partition coefficient (Wildman–Crippen LogP) is 2.46. The van der Waals surface area contributed by atoms with Gasteiger partial charge in [0, 0.05) is 12.1 Å².